The summed E-state index contributed by atoms with van der Waals surface area (Å²) in [6, 6.07) is 55.9. The average molecular weight is 785 g/mol. The molecule has 0 N–H and O–H groups in total. The van der Waals surface area contributed by atoms with Crippen molar-refractivity contribution in [2.45, 2.75) is 40.0 Å². The predicted octanol–water partition coefficient (Wildman–Crippen LogP) is 14.6. The molecule has 0 atom stereocenters. The summed E-state index contributed by atoms with van der Waals surface area (Å²) in [7, 11) is 0. The standard InChI is InChI=1S/C54H45FN4O/c1-35-13-12-14-36(2)53(35)38-29-41(57-34-58(50-20-11-10-19-49(50)57)47-17-8-6-15-44(47)37-21-23-40(55)24-22-37)32-43(30-38)60-42-25-26-46-45-16-7-9-18-48(45)59(51(46)33-42)52-31-39(27-28-56-52)54(3,4)5/h6-33H,34H2,1-5H3. The number of pyridine rings is 1. The molecule has 0 saturated heterocycles. The van der Waals surface area contributed by atoms with Gasteiger partial charge in [-0.05, 0) is 125 Å². The molecule has 10 rings (SSSR count). The number of rotatable bonds is 7. The fourth-order valence-electron chi connectivity index (χ4n) is 8.84. The highest BCUT2D eigenvalue weighted by atomic mass is 19.1. The molecule has 60 heavy (non-hydrogen) atoms. The first kappa shape index (κ1) is 37.1. The first-order valence-corrected chi connectivity index (χ1v) is 20.5. The zero-order valence-electron chi connectivity index (χ0n) is 34.4. The molecule has 1 aliphatic heterocycles. The number of hydrogen-bond acceptors (Lipinski definition) is 4. The fourth-order valence-corrected chi connectivity index (χ4v) is 8.84. The molecule has 0 spiro atoms. The second kappa shape index (κ2) is 14.6. The van der Waals surface area contributed by atoms with Gasteiger partial charge in [0.25, 0.3) is 0 Å². The van der Waals surface area contributed by atoms with E-state index >= 15 is 0 Å². The molecule has 0 radical (unpaired) electrons. The number of aryl methyl sites for hydroxylation is 2. The highest BCUT2D eigenvalue weighted by molar-refractivity contribution is 6.09. The molecule has 3 heterocycles. The van der Waals surface area contributed by atoms with Gasteiger partial charge in [-0.3, -0.25) is 4.57 Å². The lowest BCUT2D eigenvalue weighted by Crippen LogP contribution is -2.24. The number of anilines is 4. The molecule has 0 bridgehead atoms. The van der Waals surface area contributed by atoms with Gasteiger partial charge in [0.05, 0.1) is 28.1 Å². The van der Waals surface area contributed by atoms with E-state index in [4.69, 9.17) is 9.72 Å². The van der Waals surface area contributed by atoms with Gasteiger partial charge in [0.2, 0.25) is 0 Å². The van der Waals surface area contributed by atoms with E-state index in [2.05, 4.69) is 182 Å². The Morgan fingerprint density at radius 3 is 2.02 bits per heavy atom. The van der Waals surface area contributed by atoms with Gasteiger partial charge in [-0.1, -0.05) is 99.6 Å². The minimum atomic E-state index is -0.249. The molecular formula is C54H45FN4O. The van der Waals surface area contributed by atoms with Crippen LogP contribution in [-0.2, 0) is 5.41 Å². The number of para-hydroxylation sites is 4. The van der Waals surface area contributed by atoms with E-state index in [9.17, 15) is 4.39 Å². The second-order valence-electron chi connectivity index (χ2n) is 16.8. The monoisotopic (exact) mass is 784 g/mol. The second-order valence-corrected chi connectivity index (χ2v) is 16.8. The Labute approximate surface area is 350 Å². The van der Waals surface area contributed by atoms with Gasteiger partial charge in [-0.2, -0.15) is 0 Å². The number of ether oxygens (including phenoxy) is 1. The third-order valence-corrected chi connectivity index (χ3v) is 11.8. The Kier molecular flexibility index (Phi) is 9.02. The molecule has 6 heteroatoms. The Bertz CT molecular complexity index is 3070. The van der Waals surface area contributed by atoms with Crippen molar-refractivity contribution < 1.29 is 9.13 Å². The van der Waals surface area contributed by atoms with Crippen LogP contribution >= 0.6 is 0 Å². The number of fused-ring (bicyclic) bond motifs is 4. The van der Waals surface area contributed by atoms with Crippen molar-refractivity contribution in [1.82, 2.24) is 9.55 Å². The van der Waals surface area contributed by atoms with Crippen molar-refractivity contribution in [3.05, 3.63) is 192 Å². The van der Waals surface area contributed by atoms with Crippen molar-refractivity contribution in [3.63, 3.8) is 0 Å². The molecule has 5 nitrogen and oxygen atoms in total. The maximum atomic E-state index is 14.0. The molecule has 0 aliphatic carbocycles. The number of halogens is 1. The van der Waals surface area contributed by atoms with Crippen LogP contribution in [0.4, 0.5) is 27.1 Å². The van der Waals surface area contributed by atoms with Gasteiger partial charge < -0.3 is 14.5 Å². The number of benzene rings is 7. The Morgan fingerprint density at radius 1 is 0.567 bits per heavy atom. The minimum absolute atomic E-state index is 0.0260. The van der Waals surface area contributed by atoms with E-state index < -0.39 is 0 Å². The third kappa shape index (κ3) is 6.55. The summed E-state index contributed by atoms with van der Waals surface area (Å²) in [4.78, 5) is 9.60. The Balaban J connectivity index is 1.10. The largest absolute Gasteiger partial charge is 0.457 e. The molecular weight excluding hydrogens is 740 g/mol. The number of aromatic nitrogens is 2. The molecule has 0 amide bonds. The zero-order chi connectivity index (χ0) is 41.1. The van der Waals surface area contributed by atoms with Crippen molar-refractivity contribution in [1.29, 1.82) is 0 Å². The number of hydrogen-bond donors (Lipinski definition) is 0. The van der Waals surface area contributed by atoms with E-state index in [0.29, 0.717) is 6.67 Å². The van der Waals surface area contributed by atoms with Crippen molar-refractivity contribution in [3.8, 4) is 39.6 Å². The van der Waals surface area contributed by atoms with Crippen LogP contribution in [-0.4, -0.2) is 16.2 Å². The topological polar surface area (TPSA) is 33.5 Å². The lowest BCUT2D eigenvalue weighted by molar-refractivity contribution is 0.483. The maximum absolute atomic E-state index is 14.0. The van der Waals surface area contributed by atoms with Crippen molar-refractivity contribution >= 4 is 44.6 Å². The van der Waals surface area contributed by atoms with E-state index in [-0.39, 0.29) is 11.2 Å². The van der Waals surface area contributed by atoms with Gasteiger partial charge in [0, 0.05) is 40.4 Å². The maximum Gasteiger partial charge on any atom is 0.137 e. The summed E-state index contributed by atoms with van der Waals surface area (Å²) in [6.07, 6.45) is 1.91. The minimum Gasteiger partial charge on any atom is -0.457 e. The van der Waals surface area contributed by atoms with Gasteiger partial charge in [0.1, 0.15) is 29.8 Å². The molecule has 9 aromatic rings. The molecule has 2 aromatic heterocycles. The lowest BCUT2D eigenvalue weighted by Gasteiger charge is -2.25. The molecule has 294 valence electrons. The van der Waals surface area contributed by atoms with Crippen LogP contribution in [0.15, 0.2) is 170 Å². The van der Waals surface area contributed by atoms with Crippen molar-refractivity contribution in [2.75, 3.05) is 16.5 Å². The summed E-state index contributed by atoms with van der Waals surface area (Å²) in [5.41, 5.74) is 14.2. The first-order valence-electron chi connectivity index (χ1n) is 20.5. The molecule has 7 aromatic carbocycles. The van der Waals surface area contributed by atoms with Crippen LogP contribution in [0.3, 0.4) is 0 Å². The van der Waals surface area contributed by atoms with Crippen LogP contribution in [0.5, 0.6) is 11.5 Å². The van der Waals surface area contributed by atoms with E-state index in [1.807, 2.05) is 24.4 Å². The van der Waals surface area contributed by atoms with Gasteiger partial charge in [0.15, 0.2) is 0 Å². The summed E-state index contributed by atoms with van der Waals surface area (Å²) >= 11 is 0. The summed E-state index contributed by atoms with van der Waals surface area (Å²) < 4.78 is 23.3. The summed E-state index contributed by atoms with van der Waals surface area (Å²) in [6.45, 7) is 11.6. The van der Waals surface area contributed by atoms with Crippen LogP contribution in [0.1, 0.15) is 37.5 Å². The molecule has 0 unspecified atom stereocenters. The van der Waals surface area contributed by atoms with Crippen LogP contribution in [0.2, 0.25) is 0 Å². The summed E-state index contributed by atoms with van der Waals surface area (Å²) in [5, 5.41) is 2.31. The van der Waals surface area contributed by atoms with E-state index in [0.717, 1.165) is 73.2 Å². The SMILES string of the molecule is Cc1cccc(C)c1-c1cc(Oc2ccc3c4ccccc4n(-c4cc(C(C)(C)C)ccn4)c3c2)cc(N2CN(c3ccccc3-c3ccc(F)cc3)c3ccccc32)c1. The first-order chi connectivity index (χ1) is 29.1. The molecule has 0 fully saturated rings. The van der Waals surface area contributed by atoms with E-state index in [1.165, 1.54) is 39.8 Å². The van der Waals surface area contributed by atoms with Gasteiger partial charge in [-0.25, -0.2) is 9.37 Å². The zero-order valence-corrected chi connectivity index (χ0v) is 34.4. The average Bonchev–Trinajstić information content (AvgIpc) is 3.80. The van der Waals surface area contributed by atoms with Crippen LogP contribution in [0, 0.1) is 19.7 Å². The highest BCUT2D eigenvalue weighted by Crippen LogP contribution is 2.48. The lowest BCUT2D eigenvalue weighted by atomic mass is 9.88. The molecule has 1 aliphatic rings. The van der Waals surface area contributed by atoms with Gasteiger partial charge in [-0.15, -0.1) is 0 Å². The Hall–Kier alpha value is -7.18. The third-order valence-electron chi connectivity index (χ3n) is 11.8. The quantitative estimate of drug-likeness (QED) is 0.161. The fraction of sp³-hybridized carbons (Fsp3) is 0.130. The van der Waals surface area contributed by atoms with Crippen molar-refractivity contribution in [2.24, 2.45) is 0 Å². The van der Waals surface area contributed by atoms with E-state index in [1.54, 1.807) is 0 Å². The predicted molar refractivity (Wildman–Crippen MR) is 246 cm³/mol. The Morgan fingerprint density at radius 2 is 1.25 bits per heavy atom. The van der Waals surface area contributed by atoms with Crippen LogP contribution in [0.25, 0.3) is 49.9 Å². The van der Waals surface area contributed by atoms with Crippen LogP contribution < -0.4 is 14.5 Å². The smallest absolute Gasteiger partial charge is 0.137 e. The number of nitrogens with zero attached hydrogens (tertiary/aromatic N) is 4. The highest BCUT2D eigenvalue weighted by Gasteiger charge is 2.30. The van der Waals surface area contributed by atoms with Gasteiger partial charge >= 0.3 is 0 Å². The summed E-state index contributed by atoms with van der Waals surface area (Å²) in [5.74, 6) is 2.10. The normalized spacial score (nSPS) is 12.7. The molecule has 0 saturated carbocycles.